The second kappa shape index (κ2) is 5.31. The van der Waals surface area contributed by atoms with Crippen LogP contribution in [0.2, 0.25) is 10.2 Å². The zero-order chi connectivity index (χ0) is 14.9. The van der Waals surface area contributed by atoms with Gasteiger partial charge >= 0.3 is 0 Å². The van der Waals surface area contributed by atoms with E-state index in [-0.39, 0.29) is 32.3 Å². The lowest BCUT2D eigenvalue weighted by Crippen LogP contribution is -2.14. The largest absolute Gasteiger partial charge is 0.506 e. The van der Waals surface area contributed by atoms with Crippen LogP contribution >= 0.6 is 23.2 Å². The van der Waals surface area contributed by atoms with Crippen molar-refractivity contribution in [2.45, 2.75) is 4.90 Å². The molecule has 1 heterocycles. The fourth-order valence-electron chi connectivity index (χ4n) is 1.31. The maximum Gasteiger partial charge on any atom is 0.263 e. The number of phenolic OH excluding ortho intramolecular Hbond substituents is 1. The van der Waals surface area contributed by atoms with Gasteiger partial charge in [0.1, 0.15) is 17.1 Å². The van der Waals surface area contributed by atoms with E-state index in [1.807, 2.05) is 0 Å². The number of aromatic hydroxyl groups is 1. The summed E-state index contributed by atoms with van der Waals surface area (Å²) in [7, 11) is -3.97. The molecule has 0 aliphatic carbocycles. The monoisotopic (exact) mass is 334 g/mol. The molecule has 0 atom stereocenters. The van der Waals surface area contributed by atoms with E-state index in [2.05, 4.69) is 14.7 Å². The zero-order valence-corrected chi connectivity index (χ0v) is 12.0. The lowest BCUT2D eigenvalue weighted by molar-refractivity contribution is 0.477. The number of hydrogen-bond donors (Lipinski definition) is 3. The summed E-state index contributed by atoms with van der Waals surface area (Å²) in [6, 6.07) is 3.46. The van der Waals surface area contributed by atoms with Crippen molar-refractivity contribution >= 4 is 44.7 Å². The third-order valence-electron chi connectivity index (χ3n) is 2.29. The third-order valence-corrected chi connectivity index (χ3v) is 4.37. The first-order valence-electron chi connectivity index (χ1n) is 5.08. The standard InChI is InChI=1S/C10H8Cl2N4O3S/c11-8-9(12)14-4-15-10(8)16-20(18,19)5-1-2-7(17)6(13)3-5/h1-4,17H,13H2,(H,14,15,16). The predicted octanol–water partition coefficient (Wildman–Crippen LogP) is 1.87. The molecule has 4 N–H and O–H groups in total. The van der Waals surface area contributed by atoms with Crippen LogP contribution in [0.4, 0.5) is 11.5 Å². The molecule has 1 aromatic heterocycles. The van der Waals surface area contributed by atoms with Gasteiger partial charge < -0.3 is 10.8 Å². The Morgan fingerprint density at radius 2 is 1.95 bits per heavy atom. The third kappa shape index (κ3) is 2.87. The minimum atomic E-state index is -3.97. The van der Waals surface area contributed by atoms with E-state index >= 15 is 0 Å². The lowest BCUT2D eigenvalue weighted by atomic mass is 10.3. The van der Waals surface area contributed by atoms with Crippen molar-refractivity contribution in [2.24, 2.45) is 0 Å². The SMILES string of the molecule is Nc1cc(S(=O)(=O)Nc2ncnc(Cl)c2Cl)ccc1O. The summed E-state index contributed by atoms with van der Waals surface area (Å²) in [6.45, 7) is 0. The molecule has 0 spiro atoms. The molecule has 0 saturated carbocycles. The summed E-state index contributed by atoms with van der Waals surface area (Å²) in [4.78, 5) is 7.14. The summed E-state index contributed by atoms with van der Waals surface area (Å²) in [5, 5.41) is 9.08. The Morgan fingerprint density at radius 1 is 1.25 bits per heavy atom. The first-order valence-corrected chi connectivity index (χ1v) is 7.32. The Morgan fingerprint density at radius 3 is 2.60 bits per heavy atom. The van der Waals surface area contributed by atoms with Crippen LogP contribution < -0.4 is 10.5 Å². The molecule has 0 aliphatic rings. The average Bonchev–Trinajstić information content (AvgIpc) is 2.38. The maximum atomic E-state index is 12.1. The molecule has 10 heteroatoms. The number of nitrogens with one attached hydrogen (secondary N) is 1. The number of nitrogens with zero attached hydrogens (tertiary/aromatic N) is 2. The molecule has 0 radical (unpaired) electrons. The summed E-state index contributed by atoms with van der Waals surface area (Å²) >= 11 is 11.5. The highest BCUT2D eigenvalue weighted by atomic mass is 35.5. The Balaban J connectivity index is 2.41. The van der Waals surface area contributed by atoms with E-state index in [0.717, 1.165) is 12.4 Å². The minimum absolute atomic E-state index is 0.0697. The van der Waals surface area contributed by atoms with Crippen molar-refractivity contribution < 1.29 is 13.5 Å². The Bertz CT molecular complexity index is 767. The average molecular weight is 335 g/mol. The van der Waals surface area contributed by atoms with Gasteiger partial charge in [0.15, 0.2) is 11.0 Å². The number of benzene rings is 1. The molecule has 106 valence electrons. The molecule has 1 aromatic carbocycles. The molecule has 20 heavy (non-hydrogen) atoms. The van der Waals surface area contributed by atoms with Crippen LogP contribution in [0.25, 0.3) is 0 Å². The molecule has 2 aromatic rings. The van der Waals surface area contributed by atoms with Crippen molar-refractivity contribution in [3.05, 3.63) is 34.7 Å². The van der Waals surface area contributed by atoms with Gasteiger partial charge in [-0.1, -0.05) is 23.2 Å². The number of aromatic nitrogens is 2. The second-order valence-electron chi connectivity index (χ2n) is 3.65. The number of rotatable bonds is 3. The highest BCUT2D eigenvalue weighted by Gasteiger charge is 2.19. The van der Waals surface area contributed by atoms with Crippen molar-refractivity contribution in [1.82, 2.24) is 9.97 Å². The molecule has 7 nitrogen and oxygen atoms in total. The zero-order valence-electron chi connectivity index (χ0n) is 9.71. The summed E-state index contributed by atoms with van der Waals surface area (Å²) in [5.41, 5.74) is 5.38. The molecule has 0 bridgehead atoms. The molecule has 2 rings (SSSR count). The van der Waals surface area contributed by atoms with E-state index in [9.17, 15) is 13.5 Å². The van der Waals surface area contributed by atoms with Crippen molar-refractivity contribution in [2.75, 3.05) is 10.5 Å². The van der Waals surface area contributed by atoms with Gasteiger partial charge in [0, 0.05) is 0 Å². The number of halogens is 2. The number of anilines is 2. The van der Waals surface area contributed by atoms with Crippen LogP contribution in [-0.2, 0) is 10.0 Å². The summed E-state index contributed by atoms with van der Waals surface area (Å²) < 4.78 is 26.4. The fraction of sp³-hybridized carbons (Fsp3) is 0. The molecule has 0 saturated heterocycles. The van der Waals surface area contributed by atoms with Crippen LogP contribution in [0.3, 0.4) is 0 Å². The molecular weight excluding hydrogens is 327 g/mol. The molecule has 0 fully saturated rings. The highest BCUT2D eigenvalue weighted by molar-refractivity contribution is 7.92. The predicted molar refractivity (Wildman–Crippen MR) is 75.4 cm³/mol. The maximum absolute atomic E-state index is 12.1. The van der Waals surface area contributed by atoms with E-state index in [0.29, 0.717) is 0 Å². The van der Waals surface area contributed by atoms with Crippen molar-refractivity contribution in [3.8, 4) is 5.75 Å². The van der Waals surface area contributed by atoms with Gasteiger partial charge in [-0.25, -0.2) is 18.4 Å². The van der Waals surface area contributed by atoms with Crippen molar-refractivity contribution in [3.63, 3.8) is 0 Å². The lowest BCUT2D eigenvalue weighted by Gasteiger charge is -2.09. The van der Waals surface area contributed by atoms with Crippen LogP contribution in [0.5, 0.6) is 5.75 Å². The van der Waals surface area contributed by atoms with Gasteiger partial charge in [0.25, 0.3) is 10.0 Å². The number of nitrogen functional groups attached to an aromatic ring is 1. The number of phenols is 1. The van der Waals surface area contributed by atoms with Crippen LogP contribution in [-0.4, -0.2) is 23.5 Å². The van der Waals surface area contributed by atoms with Gasteiger partial charge in [0.2, 0.25) is 0 Å². The van der Waals surface area contributed by atoms with Gasteiger partial charge in [-0.15, -0.1) is 0 Å². The number of hydrogen-bond acceptors (Lipinski definition) is 6. The van der Waals surface area contributed by atoms with E-state index in [1.54, 1.807) is 0 Å². The molecule has 0 unspecified atom stereocenters. The van der Waals surface area contributed by atoms with Gasteiger partial charge in [-0.3, -0.25) is 4.72 Å². The first-order chi connectivity index (χ1) is 9.31. The Kier molecular flexibility index (Phi) is 3.89. The topological polar surface area (TPSA) is 118 Å². The molecular formula is C10H8Cl2N4O3S. The van der Waals surface area contributed by atoms with E-state index in [1.165, 1.54) is 12.1 Å². The summed E-state index contributed by atoms with van der Waals surface area (Å²) in [6.07, 6.45) is 1.07. The Hall–Kier alpha value is -1.77. The Labute approximate surface area is 124 Å². The smallest absolute Gasteiger partial charge is 0.263 e. The first kappa shape index (κ1) is 14.6. The van der Waals surface area contributed by atoms with Gasteiger partial charge in [-0.2, -0.15) is 0 Å². The van der Waals surface area contributed by atoms with Crippen molar-refractivity contribution in [1.29, 1.82) is 0 Å². The molecule has 0 aliphatic heterocycles. The fourth-order valence-corrected chi connectivity index (χ4v) is 2.70. The van der Waals surface area contributed by atoms with Crippen LogP contribution in [0, 0.1) is 0 Å². The quantitative estimate of drug-likeness (QED) is 0.448. The van der Waals surface area contributed by atoms with E-state index < -0.39 is 10.0 Å². The normalized spacial score (nSPS) is 11.3. The highest BCUT2D eigenvalue weighted by Crippen LogP contribution is 2.29. The minimum Gasteiger partial charge on any atom is -0.506 e. The second-order valence-corrected chi connectivity index (χ2v) is 6.07. The molecule has 0 amide bonds. The van der Waals surface area contributed by atoms with Gasteiger partial charge in [-0.05, 0) is 18.2 Å². The van der Waals surface area contributed by atoms with Gasteiger partial charge in [0.05, 0.1) is 10.6 Å². The number of nitrogens with two attached hydrogens (primary N) is 1. The summed E-state index contributed by atoms with van der Waals surface area (Å²) in [5.74, 6) is -0.370. The van der Waals surface area contributed by atoms with Crippen LogP contribution in [0.15, 0.2) is 29.4 Å². The number of sulfonamides is 1. The van der Waals surface area contributed by atoms with Crippen LogP contribution in [0.1, 0.15) is 0 Å². The van der Waals surface area contributed by atoms with E-state index in [4.69, 9.17) is 28.9 Å².